The molecule has 0 aliphatic carbocycles. The summed E-state index contributed by atoms with van der Waals surface area (Å²) in [7, 11) is 0. The maximum absolute atomic E-state index is 5.49. The highest BCUT2D eigenvalue weighted by molar-refractivity contribution is 14.0. The molecule has 0 aromatic carbocycles. The molecule has 2 unspecified atom stereocenters. The molecule has 0 spiro atoms. The third-order valence-corrected chi connectivity index (χ3v) is 4.45. The van der Waals surface area contributed by atoms with Gasteiger partial charge in [-0.25, -0.2) is 0 Å². The van der Waals surface area contributed by atoms with E-state index in [0.29, 0.717) is 6.04 Å². The van der Waals surface area contributed by atoms with Crippen LogP contribution in [-0.2, 0) is 4.74 Å². The number of hydrogen-bond acceptors (Lipinski definition) is 3. The number of hydrogen-bond donors (Lipinski definition) is 1. The summed E-state index contributed by atoms with van der Waals surface area (Å²) in [6, 6.07) is 0.520. The number of halogens is 1. The molecule has 6 heteroatoms. The number of morpholine rings is 1. The fourth-order valence-electron chi connectivity index (χ4n) is 3.19. The van der Waals surface area contributed by atoms with E-state index in [1.54, 1.807) is 0 Å². The van der Waals surface area contributed by atoms with Crippen LogP contribution in [0.15, 0.2) is 4.99 Å². The van der Waals surface area contributed by atoms with Crippen molar-refractivity contribution < 1.29 is 4.74 Å². The minimum Gasteiger partial charge on any atom is -0.379 e. The van der Waals surface area contributed by atoms with Crippen LogP contribution in [-0.4, -0.2) is 74.3 Å². The Morgan fingerprint density at radius 3 is 2.82 bits per heavy atom. The number of aliphatic imine (C=N–C) groups is 1. The van der Waals surface area contributed by atoms with Gasteiger partial charge in [0.1, 0.15) is 0 Å². The third kappa shape index (κ3) is 6.20. The Morgan fingerprint density at radius 1 is 1.32 bits per heavy atom. The van der Waals surface area contributed by atoms with Crippen molar-refractivity contribution in [3.8, 4) is 0 Å². The van der Waals surface area contributed by atoms with Crippen LogP contribution in [0.5, 0.6) is 0 Å². The van der Waals surface area contributed by atoms with Crippen LogP contribution < -0.4 is 5.32 Å². The van der Waals surface area contributed by atoms with Crippen LogP contribution in [0.2, 0.25) is 0 Å². The lowest BCUT2D eigenvalue weighted by molar-refractivity contribution is 0.00138. The lowest BCUT2D eigenvalue weighted by atomic mass is 10.0. The minimum absolute atomic E-state index is 0. The second kappa shape index (κ2) is 10.6. The lowest BCUT2D eigenvalue weighted by Gasteiger charge is -2.34. The van der Waals surface area contributed by atoms with Crippen LogP contribution in [0.25, 0.3) is 0 Å². The first kappa shape index (κ1) is 20.0. The zero-order valence-corrected chi connectivity index (χ0v) is 16.7. The van der Waals surface area contributed by atoms with E-state index in [9.17, 15) is 0 Å². The largest absolute Gasteiger partial charge is 0.379 e. The van der Waals surface area contributed by atoms with Crippen molar-refractivity contribution in [1.82, 2.24) is 15.1 Å². The highest BCUT2D eigenvalue weighted by atomic mass is 127. The van der Waals surface area contributed by atoms with Crippen molar-refractivity contribution in [2.75, 3.05) is 52.5 Å². The van der Waals surface area contributed by atoms with Gasteiger partial charge in [-0.15, -0.1) is 24.0 Å². The van der Waals surface area contributed by atoms with Crippen molar-refractivity contribution in [2.24, 2.45) is 10.9 Å². The Kier molecular flexibility index (Phi) is 9.66. The topological polar surface area (TPSA) is 40.1 Å². The smallest absolute Gasteiger partial charge is 0.193 e. The van der Waals surface area contributed by atoms with Gasteiger partial charge in [-0.2, -0.15) is 0 Å². The average molecular weight is 424 g/mol. The molecule has 2 aliphatic rings. The monoisotopic (exact) mass is 424 g/mol. The maximum atomic E-state index is 5.49. The molecule has 2 saturated heterocycles. The maximum Gasteiger partial charge on any atom is 0.193 e. The second-order valence-electron chi connectivity index (χ2n) is 6.39. The number of ether oxygens (including phenoxy) is 1. The summed E-state index contributed by atoms with van der Waals surface area (Å²) in [6.45, 7) is 14.6. The second-order valence-corrected chi connectivity index (χ2v) is 6.39. The van der Waals surface area contributed by atoms with Crippen LogP contribution in [0.1, 0.15) is 33.6 Å². The van der Waals surface area contributed by atoms with Gasteiger partial charge in [0.25, 0.3) is 0 Å². The average Bonchev–Trinajstić information content (AvgIpc) is 2.48. The van der Waals surface area contributed by atoms with Crippen molar-refractivity contribution in [3.63, 3.8) is 0 Å². The first-order valence-electron chi connectivity index (χ1n) is 8.55. The van der Waals surface area contributed by atoms with Crippen molar-refractivity contribution in [3.05, 3.63) is 0 Å². The molecule has 2 fully saturated rings. The fourth-order valence-corrected chi connectivity index (χ4v) is 3.19. The summed E-state index contributed by atoms with van der Waals surface area (Å²) in [5.74, 6) is 1.88. The fraction of sp³-hybridized carbons (Fsp3) is 0.938. The molecule has 0 saturated carbocycles. The third-order valence-electron chi connectivity index (χ3n) is 4.45. The Bertz CT molecular complexity index is 340. The lowest BCUT2D eigenvalue weighted by Crippen LogP contribution is -2.47. The summed E-state index contributed by atoms with van der Waals surface area (Å²) in [5, 5.41) is 3.45. The normalized spacial score (nSPS) is 27.4. The Hall–Kier alpha value is -0.0800. The molecule has 1 N–H and O–H groups in total. The van der Waals surface area contributed by atoms with Crippen molar-refractivity contribution >= 4 is 29.9 Å². The summed E-state index contributed by atoms with van der Waals surface area (Å²) >= 11 is 0. The van der Waals surface area contributed by atoms with E-state index in [4.69, 9.17) is 9.73 Å². The molecule has 0 bridgehead atoms. The Morgan fingerprint density at radius 2 is 2.14 bits per heavy atom. The molecule has 22 heavy (non-hydrogen) atoms. The highest BCUT2D eigenvalue weighted by Gasteiger charge is 2.20. The minimum atomic E-state index is 0. The van der Waals surface area contributed by atoms with Gasteiger partial charge in [-0.3, -0.25) is 9.89 Å². The number of guanidine groups is 1. The predicted octanol–water partition coefficient (Wildman–Crippen LogP) is 2.02. The molecule has 2 atom stereocenters. The molecule has 130 valence electrons. The molecule has 0 aromatic rings. The van der Waals surface area contributed by atoms with Gasteiger partial charge >= 0.3 is 0 Å². The SMILES string of the molecule is CCNC(=NCCN1CCOCC1C)N1CCCC(C)C1.I. The summed E-state index contributed by atoms with van der Waals surface area (Å²) < 4.78 is 5.49. The Balaban J connectivity index is 0.00000242. The Labute approximate surface area is 152 Å². The van der Waals surface area contributed by atoms with Crippen molar-refractivity contribution in [1.29, 1.82) is 0 Å². The molecule has 0 aromatic heterocycles. The first-order valence-corrected chi connectivity index (χ1v) is 8.55. The molecule has 2 rings (SSSR count). The van der Waals surface area contributed by atoms with Crippen LogP contribution >= 0.6 is 24.0 Å². The molecular weight excluding hydrogens is 391 g/mol. The van der Waals surface area contributed by atoms with Gasteiger partial charge in [0.15, 0.2) is 5.96 Å². The van der Waals surface area contributed by atoms with E-state index < -0.39 is 0 Å². The van der Waals surface area contributed by atoms with Gasteiger partial charge in [0, 0.05) is 38.8 Å². The van der Waals surface area contributed by atoms with Gasteiger partial charge in [-0.1, -0.05) is 6.92 Å². The summed E-state index contributed by atoms with van der Waals surface area (Å²) in [4.78, 5) is 9.76. The van der Waals surface area contributed by atoms with E-state index in [0.717, 1.165) is 64.4 Å². The van der Waals surface area contributed by atoms with E-state index in [1.807, 2.05) is 0 Å². The molecule has 2 heterocycles. The molecule has 2 aliphatic heterocycles. The zero-order chi connectivity index (χ0) is 15.1. The highest BCUT2D eigenvalue weighted by Crippen LogP contribution is 2.15. The predicted molar refractivity (Wildman–Crippen MR) is 103 cm³/mol. The molecule has 0 radical (unpaired) electrons. The summed E-state index contributed by atoms with van der Waals surface area (Å²) in [6.07, 6.45) is 2.63. The number of likely N-dealkylation sites (tertiary alicyclic amines) is 1. The van der Waals surface area contributed by atoms with Gasteiger partial charge in [0.2, 0.25) is 0 Å². The van der Waals surface area contributed by atoms with Crippen LogP contribution in [0.4, 0.5) is 0 Å². The van der Waals surface area contributed by atoms with Gasteiger partial charge in [-0.05, 0) is 32.6 Å². The van der Waals surface area contributed by atoms with E-state index in [2.05, 4.69) is 35.9 Å². The van der Waals surface area contributed by atoms with E-state index in [1.165, 1.54) is 12.8 Å². The zero-order valence-electron chi connectivity index (χ0n) is 14.4. The molecular formula is C16H33IN4O. The molecule has 0 amide bonds. The standard InChI is InChI=1S/C16H32N4O.HI/c1-4-17-16(20-8-5-6-14(2)12-20)18-7-9-19-10-11-21-13-15(19)3;/h14-15H,4-13H2,1-3H3,(H,17,18);1H. The molecule has 5 nitrogen and oxygen atoms in total. The summed E-state index contributed by atoms with van der Waals surface area (Å²) in [5.41, 5.74) is 0. The van der Waals surface area contributed by atoms with Crippen LogP contribution in [0, 0.1) is 5.92 Å². The quantitative estimate of drug-likeness (QED) is 0.426. The van der Waals surface area contributed by atoms with Crippen LogP contribution in [0.3, 0.4) is 0 Å². The number of nitrogens with one attached hydrogen (secondary N) is 1. The van der Waals surface area contributed by atoms with Gasteiger partial charge < -0.3 is 15.0 Å². The first-order chi connectivity index (χ1) is 10.2. The van der Waals surface area contributed by atoms with Gasteiger partial charge in [0.05, 0.1) is 19.8 Å². The number of rotatable bonds is 4. The van der Waals surface area contributed by atoms with Crippen molar-refractivity contribution in [2.45, 2.75) is 39.7 Å². The van der Waals surface area contributed by atoms with E-state index >= 15 is 0 Å². The van der Waals surface area contributed by atoms with E-state index in [-0.39, 0.29) is 24.0 Å². The number of piperidine rings is 1. The number of nitrogens with zero attached hydrogens (tertiary/aromatic N) is 3.